The van der Waals surface area contributed by atoms with Crippen LogP contribution in [0.3, 0.4) is 0 Å². The lowest BCUT2D eigenvalue weighted by Gasteiger charge is -2.39. The monoisotopic (exact) mass is 448 g/mol. The molecule has 5 nitrogen and oxygen atoms in total. The minimum Gasteiger partial charge on any atom is -0.497 e. The summed E-state index contributed by atoms with van der Waals surface area (Å²) in [6.07, 6.45) is 3.68. The number of nitrogens with one attached hydrogen (secondary N) is 1. The summed E-state index contributed by atoms with van der Waals surface area (Å²) in [5.74, 6) is 3.05. The molecule has 1 fully saturated rings. The molecule has 7 heteroatoms. The van der Waals surface area contributed by atoms with Crippen LogP contribution in [0, 0.1) is 11.3 Å². The van der Waals surface area contributed by atoms with Crippen LogP contribution in [0.5, 0.6) is 11.5 Å². The van der Waals surface area contributed by atoms with E-state index in [-0.39, 0.29) is 11.9 Å². The molecule has 1 saturated carbocycles. The fourth-order valence-corrected chi connectivity index (χ4v) is 6.20. The molecule has 1 amide bonds. The maximum atomic E-state index is 12.5. The lowest BCUT2D eigenvalue weighted by Crippen LogP contribution is -2.43. The van der Waals surface area contributed by atoms with Crippen molar-refractivity contribution in [1.82, 2.24) is 10.3 Å². The zero-order valence-corrected chi connectivity index (χ0v) is 20.1. The second-order valence-corrected chi connectivity index (χ2v) is 11.0. The topological polar surface area (TPSA) is 60.5 Å². The number of thioether (sulfide) groups is 1. The number of carbonyl (C=O) groups excluding carboxylic acids is 1. The smallest absolute Gasteiger partial charge is 0.226 e. The zero-order valence-electron chi connectivity index (χ0n) is 18.5. The van der Waals surface area contributed by atoms with Crippen LogP contribution in [0.2, 0.25) is 0 Å². The van der Waals surface area contributed by atoms with Crippen LogP contribution >= 0.6 is 23.1 Å². The van der Waals surface area contributed by atoms with E-state index in [1.54, 1.807) is 37.3 Å². The van der Waals surface area contributed by atoms with Crippen molar-refractivity contribution in [3.8, 4) is 11.5 Å². The third kappa shape index (κ3) is 6.64. The van der Waals surface area contributed by atoms with E-state index in [1.807, 2.05) is 23.6 Å². The zero-order chi connectivity index (χ0) is 21.7. The molecule has 0 aliphatic heterocycles. The van der Waals surface area contributed by atoms with E-state index in [0.717, 1.165) is 45.7 Å². The van der Waals surface area contributed by atoms with E-state index in [4.69, 9.17) is 9.47 Å². The molecule has 0 saturated heterocycles. The quantitative estimate of drug-likeness (QED) is 0.553. The fraction of sp³-hybridized carbons (Fsp3) is 0.565. The molecular weight excluding hydrogens is 416 g/mol. The lowest BCUT2D eigenvalue weighted by molar-refractivity contribution is -0.121. The molecule has 164 valence electrons. The van der Waals surface area contributed by atoms with Crippen molar-refractivity contribution in [1.29, 1.82) is 0 Å². The average Bonchev–Trinajstić information content (AvgIpc) is 3.11. The number of benzene rings is 1. The van der Waals surface area contributed by atoms with Crippen LogP contribution < -0.4 is 14.8 Å². The highest BCUT2D eigenvalue weighted by Gasteiger charge is 2.32. The molecule has 0 spiro atoms. The summed E-state index contributed by atoms with van der Waals surface area (Å²) in [7, 11) is 3.30. The van der Waals surface area contributed by atoms with Crippen molar-refractivity contribution >= 4 is 29.0 Å². The molecular formula is C23H32N2O3S2. The largest absolute Gasteiger partial charge is 0.497 e. The van der Waals surface area contributed by atoms with E-state index in [0.29, 0.717) is 17.8 Å². The van der Waals surface area contributed by atoms with Gasteiger partial charge in [-0.15, -0.1) is 11.3 Å². The van der Waals surface area contributed by atoms with Gasteiger partial charge in [0.1, 0.15) is 15.8 Å². The molecule has 2 atom stereocenters. The maximum Gasteiger partial charge on any atom is 0.226 e. The maximum absolute atomic E-state index is 12.5. The molecule has 0 bridgehead atoms. The molecule has 2 aromatic rings. The van der Waals surface area contributed by atoms with Crippen LogP contribution in [-0.2, 0) is 17.0 Å². The molecule has 3 rings (SSSR count). The van der Waals surface area contributed by atoms with E-state index in [9.17, 15) is 4.79 Å². The number of hydrogen-bond acceptors (Lipinski definition) is 6. The van der Waals surface area contributed by atoms with Crippen molar-refractivity contribution in [3.63, 3.8) is 0 Å². The Morgan fingerprint density at radius 1 is 1.23 bits per heavy atom. The van der Waals surface area contributed by atoms with Gasteiger partial charge in [0.25, 0.3) is 0 Å². The Hall–Kier alpha value is -1.73. The van der Waals surface area contributed by atoms with Gasteiger partial charge in [0.05, 0.1) is 26.3 Å². The molecule has 1 N–H and O–H groups in total. The van der Waals surface area contributed by atoms with Gasteiger partial charge in [-0.2, -0.15) is 0 Å². The van der Waals surface area contributed by atoms with Crippen molar-refractivity contribution in [3.05, 3.63) is 34.8 Å². The van der Waals surface area contributed by atoms with Gasteiger partial charge < -0.3 is 14.8 Å². The molecule has 1 aromatic heterocycles. The Morgan fingerprint density at radius 2 is 1.93 bits per heavy atom. The van der Waals surface area contributed by atoms with E-state index < -0.39 is 0 Å². The average molecular weight is 449 g/mol. The predicted octanol–water partition coefficient (Wildman–Crippen LogP) is 5.33. The van der Waals surface area contributed by atoms with Gasteiger partial charge in [0.15, 0.2) is 0 Å². The first-order chi connectivity index (χ1) is 14.3. The summed E-state index contributed by atoms with van der Waals surface area (Å²) in [6, 6.07) is 6.14. The van der Waals surface area contributed by atoms with Crippen LogP contribution in [-0.4, -0.2) is 31.2 Å². The number of nitrogens with zero attached hydrogens (tertiary/aromatic N) is 1. The summed E-state index contributed by atoms with van der Waals surface area (Å²) in [4.78, 5) is 17.2. The van der Waals surface area contributed by atoms with Crippen LogP contribution in [0.4, 0.5) is 0 Å². The first kappa shape index (κ1) is 22.9. The molecule has 1 aromatic carbocycles. The normalized spacial score (nSPS) is 20.6. The molecule has 2 unspecified atom stereocenters. The Labute approximate surface area is 188 Å². The molecule has 30 heavy (non-hydrogen) atoms. The second-order valence-electron chi connectivity index (χ2n) is 8.97. The highest BCUT2D eigenvalue weighted by Crippen LogP contribution is 2.38. The van der Waals surface area contributed by atoms with Crippen LogP contribution in [0.1, 0.15) is 51.3 Å². The highest BCUT2D eigenvalue weighted by atomic mass is 32.2. The van der Waals surface area contributed by atoms with Gasteiger partial charge in [-0.1, -0.05) is 32.5 Å². The predicted molar refractivity (Wildman–Crippen MR) is 124 cm³/mol. The summed E-state index contributed by atoms with van der Waals surface area (Å²) >= 11 is 3.25. The standard InChI is InChI=1S/C23H32N2O3S2/c1-15-6-17(12-23(2,3)11-15)24-21(26)9-18-14-30-22(25-18)29-13-16-7-19(27-4)10-20(8-16)28-5/h7-8,10,14-15,17H,6,9,11-13H2,1-5H3,(H,24,26). The van der Waals surface area contributed by atoms with Crippen molar-refractivity contribution in [2.75, 3.05) is 14.2 Å². The summed E-state index contributed by atoms with van der Waals surface area (Å²) < 4.78 is 11.6. The van der Waals surface area contributed by atoms with Gasteiger partial charge in [-0.25, -0.2) is 4.98 Å². The number of carbonyl (C=O) groups is 1. The van der Waals surface area contributed by atoms with Crippen molar-refractivity contribution < 1.29 is 14.3 Å². The first-order valence-corrected chi connectivity index (χ1v) is 12.2. The Kier molecular flexibility index (Phi) is 7.69. The van der Waals surface area contributed by atoms with Gasteiger partial charge in [0.2, 0.25) is 5.91 Å². The fourth-order valence-electron chi connectivity index (χ4n) is 4.43. The molecule has 0 radical (unpaired) electrons. The highest BCUT2D eigenvalue weighted by molar-refractivity contribution is 8.00. The lowest BCUT2D eigenvalue weighted by atomic mass is 9.70. The molecule has 1 aliphatic rings. The molecule has 1 heterocycles. The SMILES string of the molecule is COc1cc(CSc2nc(CC(=O)NC3CC(C)CC(C)(C)C3)cs2)cc(OC)c1. The first-order valence-electron chi connectivity index (χ1n) is 10.3. The number of rotatable bonds is 8. The Morgan fingerprint density at radius 3 is 2.57 bits per heavy atom. The third-order valence-corrected chi connectivity index (χ3v) is 7.54. The number of aromatic nitrogens is 1. The minimum absolute atomic E-state index is 0.0734. The van der Waals surface area contributed by atoms with Crippen molar-refractivity contribution in [2.24, 2.45) is 11.3 Å². The molecule has 1 aliphatic carbocycles. The summed E-state index contributed by atoms with van der Waals surface area (Å²) in [5, 5.41) is 5.22. The Balaban J connectivity index is 1.52. The third-order valence-electron chi connectivity index (χ3n) is 5.40. The van der Waals surface area contributed by atoms with E-state index >= 15 is 0 Å². The van der Waals surface area contributed by atoms with Gasteiger partial charge in [-0.05, 0) is 48.3 Å². The van der Waals surface area contributed by atoms with Crippen molar-refractivity contribution in [2.45, 2.75) is 62.6 Å². The number of hydrogen-bond donors (Lipinski definition) is 1. The van der Waals surface area contributed by atoms with Crippen LogP contribution in [0.15, 0.2) is 27.9 Å². The van der Waals surface area contributed by atoms with E-state index in [2.05, 4.69) is 31.1 Å². The number of amides is 1. The summed E-state index contributed by atoms with van der Waals surface area (Å²) in [6.45, 7) is 6.87. The summed E-state index contributed by atoms with van der Waals surface area (Å²) in [5.41, 5.74) is 2.24. The van der Waals surface area contributed by atoms with Gasteiger partial charge >= 0.3 is 0 Å². The minimum atomic E-state index is 0.0734. The number of thiazole rings is 1. The van der Waals surface area contributed by atoms with Crippen LogP contribution in [0.25, 0.3) is 0 Å². The Bertz CT molecular complexity index is 844. The second kappa shape index (κ2) is 10.1. The van der Waals surface area contributed by atoms with Gasteiger partial charge in [-0.3, -0.25) is 4.79 Å². The number of ether oxygens (including phenoxy) is 2. The van der Waals surface area contributed by atoms with E-state index in [1.165, 1.54) is 6.42 Å². The number of methoxy groups -OCH3 is 2. The van der Waals surface area contributed by atoms with Gasteiger partial charge in [0, 0.05) is 23.2 Å².